The third kappa shape index (κ3) is 4.95. The molecule has 2 aliphatic heterocycles. The van der Waals surface area contributed by atoms with Crippen LogP contribution >= 0.6 is 11.6 Å². The number of ether oxygens (including phenoxy) is 3. The van der Waals surface area contributed by atoms with E-state index in [1.807, 2.05) is 48.5 Å². The molecule has 11 heteroatoms. The van der Waals surface area contributed by atoms with Gasteiger partial charge in [-0.1, -0.05) is 48.0 Å². The maximum absolute atomic E-state index is 11.9. The number of fused-ring (bicyclic) bond motifs is 2. The summed E-state index contributed by atoms with van der Waals surface area (Å²) in [5.74, 6) is 0. The summed E-state index contributed by atoms with van der Waals surface area (Å²) in [5.41, 5.74) is 5.32. The number of aromatic amines is 1. The van der Waals surface area contributed by atoms with Gasteiger partial charge in [0.1, 0.15) is 18.3 Å². The molecule has 2 unspecified atom stereocenters. The maximum Gasteiger partial charge on any atom is 0.296 e. The number of aromatic nitrogens is 3. The molecule has 2 aliphatic rings. The Morgan fingerprint density at radius 1 is 1.00 bits per heavy atom. The lowest BCUT2D eigenvalue weighted by Crippen LogP contribution is -2.34. The molecule has 0 aliphatic carbocycles. The van der Waals surface area contributed by atoms with Crippen molar-refractivity contribution in [2.24, 2.45) is 4.36 Å². The first kappa shape index (κ1) is 24.3. The highest BCUT2D eigenvalue weighted by molar-refractivity contribution is 7.92. The third-order valence-corrected chi connectivity index (χ3v) is 7.27. The zero-order valence-corrected chi connectivity index (χ0v) is 21.7. The van der Waals surface area contributed by atoms with E-state index in [1.165, 1.54) is 0 Å². The first-order valence-electron chi connectivity index (χ1n) is 11.8. The Hall–Kier alpha value is -3.02. The lowest BCUT2D eigenvalue weighted by molar-refractivity contribution is 0.00706. The molecule has 0 spiro atoms. The number of nitrogens with zero attached hydrogens (tertiary/aromatic N) is 3. The monoisotopic (exact) mass is 540 g/mol. The fourth-order valence-electron chi connectivity index (χ4n) is 4.63. The van der Waals surface area contributed by atoms with E-state index < -0.39 is 15.8 Å². The van der Waals surface area contributed by atoms with Crippen molar-refractivity contribution in [3.8, 4) is 28.4 Å². The number of nitrogens with one attached hydrogen (secondary N) is 1. The number of rotatable bonds is 5. The summed E-state index contributed by atoms with van der Waals surface area (Å²) in [4.78, 5) is 12.3. The summed E-state index contributed by atoms with van der Waals surface area (Å²) < 4.78 is 33.3. The van der Waals surface area contributed by atoms with Gasteiger partial charge in [-0.15, -0.1) is 0 Å². The molecule has 0 saturated carbocycles. The van der Waals surface area contributed by atoms with Crippen molar-refractivity contribution in [1.82, 2.24) is 15.0 Å². The molecule has 192 valence electrons. The molecule has 4 aromatic rings. The van der Waals surface area contributed by atoms with E-state index in [9.17, 15) is 9.32 Å². The lowest BCUT2D eigenvalue weighted by atomic mass is 10.0. The quantitative estimate of drug-likeness (QED) is 0.389. The van der Waals surface area contributed by atoms with Crippen LogP contribution in [0.5, 0.6) is 6.01 Å². The van der Waals surface area contributed by atoms with E-state index in [0.29, 0.717) is 40.2 Å². The molecule has 4 heterocycles. The van der Waals surface area contributed by atoms with Gasteiger partial charge >= 0.3 is 0 Å². The predicted octanol–water partition coefficient (Wildman–Crippen LogP) is 4.21. The summed E-state index contributed by atoms with van der Waals surface area (Å²) in [7, 11) is -2.20. The van der Waals surface area contributed by atoms with Crippen LogP contribution in [0.2, 0.25) is 5.02 Å². The van der Waals surface area contributed by atoms with Crippen molar-refractivity contribution >= 4 is 38.2 Å². The highest BCUT2D eigenvalue weighted by Gasteiger charge is 2.48. The van der Waals surface area contributed by atoms with Crippen molar-refractivity contribution in [1.29, 1.82) is 0 Å². The van der Waals surface area contributed by atoms with Crippen molar-refractivity contribution in [2.45, 2.75) is 24.4 Å². The van der Waals surface area contributed by atoms with Gasteiger partial charge in [0.15, 0.2) is 11.8 Å². The van der Waals surface area contributed by atoms with Gasteiger partial charge in [0.2, 0.25) is 0 Å². The van der Waals surface area contributed by atoms with E-state index in [-0.39, 0.29) is 24.9 Å². The Bertz CT molecular complexity index is 1570. The normalized spacial score (nSPS) is 23.4. The van der Waals surface area contributed by atoms with Crippen molar-refractivity contribution in [2.75, 3.05) is 25.7 Å². The second-order valence-corrected chi connectivity index (χ2v) is 12.4. The predicted molar refractivity (Wildman–Crippen MR) is 142 cm³/mol. The first-order valence-corrected chi connectivity index (χ1v) is 14.5. The molecule has 2 fully saturated rings. The lowest BCUT2D eigenvalue weighted by Gasteiger charge is -2.15. The van der Waals surface area contributed by atoms with Crippen LogP contribution in [0.4, 0.5) is 5.69 Å². The molecule has 9 nitrogen and oxygen atoms in total. The third-order valence-electron chi connectivity index (χ3n) is 6.33. The number of imidazole rings is 1. The van der Waals surface area contributed by atoms with Crippen molar-refractivity contribution < 1.29 is 23.5 Å². The smallest absolute Gasteiger partial charge is 0.296 e. The fourth-order valence-corrected chi connectivity index (χ4v) is 5.52. The Morgan fingerprint density at radius 2 is 1.65 bits per heavy atom. The van der Waals surface area contributed by atoms with Gasteiger partial charge in [0.25, 0.3) is 6.01 Å². The van der Waals surface area contributed by atoms with Crippen LogP contribution < -0.4 is 4.74 Å². The van der Waals surface area contributed by atoms with Crippen LogP contribution in [0.3, 0.4) is 0 Å². The largest absolute Gasteiger partial charge is 0.456 e. The maximum atomic E-state index is 11.9. The van der Waals surface area contributed by atoms with Gasteiger partial charge in [0, 0.05) is 27.8 Å². The Balaban J connectivity index is 1.22. The van der Waals surface area contributed by atoms with Gasteiger partial charge in [-0.2, -0.15) is 9.35 Å². The molecular formula is C26H25ClN4O5S. The summed E-state index contributed by atoms with van der Waals surface area (Å²) in [6.45, 7) is 0.542. The molecule has 0 bridgehead atoms. The van der Waals surface area contributed by atoms with Crippen LogP contribution in [0, 0.1) is 0 Å². The first-order chi connectivity index (χ1) is 17.7. The Kier molecular flexibility index (Phi) is 6.16. The molecule has 2 aromatic heterocycles. The zero-order chi connectivity index (χ0) is 25.7. The highest BCUT2D eigenvalue weighted by Crippen LogP contribution is 2.33. The van der Waals surface area contributed by atoms with Gasteiger partial charge in [-0.05, 0) is 29.3 Å². The summed E-state index contributed by atoms with van der Waals surface area (Å²) >= 11 is 6.58. The van der Waals surface area contributed by atoms with E-state index in [1.54, 1.807) is 18.6 Å². The van der Waals surface area contributed by atoms with Crippen molar-refractivity contribution in [3.63, 3.8) is 0 Å². The highest BCUT2D eigenvalue weighted by atomic mass is 35.5. The van der Waals surface area contributed by atoms with E-state index in [2.05, 4.69) is 19.3 Å². The van der Waals surface area contributed by atoms with Crippen LogP contribution in [0.1, 0.15) is 0 Å². The van der Waals surface area contributed by atoms with Crippen LogP contribution in [-0.2, 0) is 19.2 Å². The average molecular weight is 541 g/mol. The van der Waals surface area contributed by atoms with Gasteiger partial charge in [-0.25, -0.2) is 9.19 Å². The number of halogens is 1. The second kappa shape index (κ2) is 9.38. The van der Waals surface area contributed by atoms with Gasteiger partial charge < -0.3 is 24.3 Å². The number of aliphatic hydroxyl groups is 1. The van der Waals surface area contributed by atoms with Crippen LogP contribution in [0.25, 0.3) is 33.5 Å². The number of H-pyrrole nitrogens is 1. The number of hydrogen-bond donors (Lipinski definition) is 2. The van der Waals surface area contributed by atoms with E-state index in [4.69, 9.17) is 25.8 Å². The molecule has 2 N–H and O–H groups in total. The SMILES string of the molecule is CS(C)(=O)=Nc1ccc(-c2ccc(-c3nc4nc(O[C@@H]5CO[C@@H]6C(O)COC65)[nH]c4cc3Cl)cc2)cc1. The van der Waals surface area contributed by atoms with Crippen molar-refractivity contribution in [3.05, 3.63) is 59.6 Å². The minimum Gasteiger partial charge on any atom is -0.456 e. The molecule has 4 atom stereocenters. The van der Waals surface area contributed by atoms with Crippen LogP contribution in [0.15, 0.2) is 59.0 Å². The van der Waals surface area contributed by atoms with Gasteiger partial charge in [0.05, 0.1) is 35.1 Å². The molecule has 6 rings (SSSR count). The number of aliphatic hydroxyl groups excluding tert-OH is 1. The zero-order valence-electron chi connectivity index (χ0n) is 20.1. The summed E-state index contributed by atoms with van der Waals surface area (Å²) in [6, 6.07) is 17.6. The Morgan fingerprint density at radius 3 is 2.35 bits per heavy atom. The summed E-state index contributed by atoms with van der Waals surface area (Å²) in [5, 5.41) is 10.4. The number of pyridine rings is 1. The van der Waals surface area contributed by atoms with Crippen LogP contribution in [-0.4, -0.2) is 74.4 Å². The molecule has 2 aromatic carbocycles. The minimum atomic E-state index is -2.20. The minimum absolute atomic E-state index is 0.233. The number of benzene rings is 2. The average Bonchev–Trinajstić information content (AvgIpc) is 3.55. The Labute approximate surface area is 219 Å². The summed E-state index contributed by atoms with van der Waals surface area (Å²) in [6.07, 6.45) is 1.50. The standard InChI is InChI=1S/C26H25ClN4O5S/c1-37(2,33)31-17-9-7-15(8-10-17)14-3-5-16(6-4-14)22-18(27)11-19-25(29-22)30-26(28-19)36-21-13-35-23-20(32)12-34-24(21)23/h3-11,20-21,23-24,32H,12-13H2,1-2H3,(H,28,29,30)/t20?,21-,23-,24?/m1/s1. The number of hydrogen-bond acceptors (Lipinski definition) is 8. The van der Waals surface area contributed by atoms with E-state index in [0.717, 1.165) is 16.7 Å². The molecule has 0 amide bonds. The molecule has 37 heavy (non-hydrogen) atoms. The fraction of sp³-hybridized carbons (Fsp3) is 0.308. The molecule has 0 radical (unpaired) electrons. The van der Waals surface area contributed by atoms with Gasteiger partial charge in [-0.3, -0.25) is 0 Å². The molecule has 2 saturated heterocycles. The molecular weight excluding hydrogens is 516 g/mol. The van der Waals surface area contributed by atoms with E-state index >= 15 is 0 Å². The topological polar surface area (TPSA) is 119 Å². The second-order valence-electron chi connectivity index (χ2n) is 9.45.